The van der Waals surface area contributed by atoms with Crippen LogP contribution in [0.25, 0.3) is 0 Å². The van der Waals surface area contributed by atoms with Crippen molar-refractivity contribution in [3.8, 4) is 0 Å². The average molecular weight is 473 g/mol. The van der Waals surface area contributed by atoms with Crippen molar-refractivity contribution < 1.29 is 9.47 Å². The van der Waals surface area contributed by atoms with Crippen LogP contribution in [0.3, 0.4) is 0 Å². The van der Waals surface area contributed by atoms with Crippen LogP contribution in [0.2, 0.25) is 17.2 Å². The molecule has 1 fully saturated rings. The van der Waals surface area contributed by atoms with Crippen LogP contribution < -0.4 is 0 Å². The van der Waals surface area contributed by atoms with Crippen LogP contribution in [0.4, 0.5) is 0 Å². The Labute approximate surface area is 168 Å². The summed E-state index contributed by atoms with van der Waals surface area (Å²) >= 11 is -2.27. The summed E-state index contributed by atoms with van der Waals surface area (Å²) < 4.78 is 16.4. The molecule has 1 atom stereocenters. The number of rotatable bonds is 15. The van der Waals surface area contributed by atoms with E-state index >= 15 is 0 Å². The number of hydrogen-bond acceptors (Lipinski definition) is 2. The van der Waals surface area contributed by atoms with Gasteiger partial charge in [-0.25, -0.2) is 0 Å². The van der Waals surface area contributed by atoms with Crippen molar-refractivity contribution in [3.63, 3.8) is 0 Å². The first-order valence-corrected chi connectivity index (χ1v) is 19.2. The molecule has 26 heavy (non-hydrogen) atoms. The maximum absolute atomic E-state index is 5.64. The van der Waals surface area contributed by atoms with E-state index in [0.717, 1.165) is 9.85 Å². The molecule has 3 heteroatoms. The summed E-state index contributed by atoms with van der Waals surface area (Å²) in [5.74, 6) is 0.938. The molecule has 0 aromatic heterocycles. The molecule has 1 saturated carbocycles. The Balaban J connectivity index is 3.08. The van der Waals surface area contributed by atoms with Crippen molar-refractivity contribution in [1.82, 2.24) is 0 Å². The minimum atomic E-state index is -2.27. The molecule has 0 aliphatic heterocycles. The molecule has 0 aromatic rings. The summed E-state index contributed by atoms with van der Waals surface area (Å²) in [4.78, 5) is 0. The maximum atomic E-state index is 5.64. The number of ether oxygens (including phenoxy) is 2. The standard InChI is InChI=1S/C11H19O2.3C4H9.Sn/c1-12-10-13-9-5-8-11-6-3-2-4-7-11;3*1-3-4-2;/h5,8-9,11H,2-4,6-7,10H2,1H3;3*1,3-4H2,2H3;/b9-5-;;;;. The number of allylic oxidation sites excluding steroid dienone is 1. The van der Waals surface area contributed by atoms with Gasteiger partial charge in [0.05, 0.1) is 0 Å². The SMILES string of the molecule is CCC[CH2][Sn]([CH2]CCC)([CH2]CCC)[C@H](/C=C\OCOC)C1CCCCC1. The molecule has 2 nitrogen and oxygen atoms in total. The van der Waals surface area contributed by atoms with Gasteiger partial charge in [-0.15, -0.1) is 0 Å². The third kappa shape index (κ3) is 8.54. The summed E-state index contributed by atoms with van der Waals surface area (Å²) in [5, 5.41) is 0. The molecular weight excluding hydrogens is 427 g/mol. The molecule has 0 saturated heterocycles. The fourth-order valence-electron chi connectivity index (χ4n) is 5.06. The Morgan fingerprint density at radius 3 is 1.88 bits per heavy atom. The quantitative estimate of drug-likeness (QED) is 0.104. The summed E-state index contributed by atoms with van der Waals surface area (Å²) in [6.45, 7) is 7.52. The van der Waals surface area contributed by atoms with Gasteiger partial charge < -0.3 is 0 Å². The van der Waals surface area contributed by atoms with Crippen molar-refractivity contribution in [2.75, 3.05) is 13.9 Å². The van der Waals surface area contributed by atoms with Crippen LogP contribution in [0.5, 0.6) is 0 Å². The number of hydrogen-bond donors (Lipinski definition) is 0. The van der Waals surface area contributed by atoms with Gasteiger partial charge >= 0.3 is 169 Å². The Hall–Kier alpha value is 0.299. The number of unbranched alkanes of at least 4 members (excludes halogenated alkanes) is 3. The fourth-order valence-corrected chi connectivity index (χ4v) is 24.3. The zero-order chi connectivity index (χ0) is 19.1. The molecule has 0 unspecified atom stereocenters. The van der Waals surface area contributed by atoms with E-state index in [2.05, 4.69) is 26.8 Å². The van der Waals surface area contributed by atoms with Gasteiger partial charge in [-0.3, -0.25) is 0 Å². The first-order valence-electron chi connectivity index (χ1n) is 11.5. The molecular formula is C23H46O2Sn. The molecule has 0 bridgehead atoms. The predicted octanol–water partition coefficient (Wildman–Crippen LogP) is 7.92. The van der Waals surface area contributed by atoms with Gasteiger partial charge in [-0.1, -0.05) is 0 Å². The predicted molar refractivity (Wildman–Crippen MR) is 117 cm³/mol. The molecule has 0 radical (unpaired) electrons. The molecule has 0 N–H and O–H groups in total. The van der Waals surface area contributed by atoms with Gasteiger partial charge in [-0.05, 0) is 0 Å². The summed E-state index contributed by atoms with van der Waals surface area (Å²) in [5.41, 5.74) is 0. The zero-order valence-corrected chi connectivity index (χ0v) is 21.1. The van der Waals surface area contributed by atoms with Crippen molar-refractivity contribution >= 4 is 18.4 Å². The van der Waals surface area contributed by atoms with E-state index in [1.165, 1.54) is 70.6 Å². The average Bonchev–Trinajstić information content (AvgIpc) is 2.69. The first-order chi connectivity index (χ1) is 12.7. The third-order valence-electron chi connectivity index (χ3n) is 6.52. The molecule has 1 rings (SSSR count). The van der Waals surface area contributed by atoms with Crippen LogP contribution >= 0.6 is 0 Å². The van der Waals surface area contributed by atoms with E-state index in [1.54, 1.807) is 20.4 Å². The molecule has 1 aliphatic carbocycles. The van der Waals surface area contributed by atoms with Crippen LogP contribution in [0.15, 0.2) is 12.3 Å². The van der Waals surface area contributed by atoms with Gasteiger partial charge in [0.25, 0.3) is 0 Å². The van der Waals surface area contributed by atoms with Crippen molar-refractivity contribution in [2.45, 2.75) is 109 Å². The number of methoxy groups -OCH3 is 1. The van der Waals surface area contributed by atoms with Crippen LogP contribution in [0.1, 0.15) is 91.4 Å². The van der Waals surface area contributed by atoms with Crippen LogP contribution in [-0.4, -0.2) is 32.3 Å². The zero-order valence-electron chi connectivity index (χ0n) is 18.2. The van der Waals surface area contributed by atoms with E-state index in [1.807, 2.05) is 6.26 Å². The second-order valence-corrected chi connectivity index (χ2v) is 22.5. The van der Waals surface area contributed by atoms with E-state index in [9.17, 15) is 0 Å². The van der Waals surface area contributed by atoms with Crippen molar-refractivity contribution in [3.05, 3.63) is 12.3 Å². The summed E-state index contributed by atoms with van der Waals surface area (Å²) in [6.07, 6.45) is 20.3. The van der Waals surface area contributed by atoms with E-state index in [4.69, 9.17) is 9.47 Å². The second-order valence-electron chi connectivity index (χ2n) is 8.50. The fraction of sp³-hybridized carbons (Fsp3) is 0.913. The summed E-state index contributed by atoms with van der Waals surface area (Å²) in [6, 6.07) is 0. The van der Waals surface area contributed by atoms with Crippen molar-refractivity contribution in [1.29, 1.82) is 0 Å². The van der Waals surface area contributed by atoms with Gasteiger partial charge in [-0.2, -0.15) is 0 Å². The van der Waals surface area contributed by atoms with Crippen molar-refractivity contribution in [2.24, 2.45) is 5.92 Å². The van der Waals surface area contributed by atoms with E-state index in [0.29, 0.717) is 6.79 Å². The first kappa shape index (κ1) is 24.3. The summed E-state index contributed by atoms with van der Waals surface area (Å²) in [7, 11) is 1.71. The minimum absolute atomic E-state index is 0.384. The molecule has 0 spiro atoms. The van der Waals surface area contributed by atoms with Crippen LogP contribution in [0, 0.1) is 5.92 Å². The van der Waals surface area contributed by atoms with Gasteiger partial charge in [0.15, 0.2) is 0 Å². The molecule has 0 aromatic carbocycles. The molecule has 1 aliphatic rings. The van der Waals surface area contributed by atoms with Gasteiger partial charge in [0.2, 0.25) is 0 Å². The third-order valence-corrected chi connectivity index (χ3v) is 24.0. The molecule has 0 heterocycles. The van der Waals surface area contributed by atoms with E-state index < -0.39 is 18.4 Å². The van der Waals surface area contributed by atoms with E-state index in [-0.39, 0.29) is 0 Å². The Bertz CT molecular complexity index is 328. The van der Waals surface area contributed by atoms with Gasteiger partial charge in [0, 0.05) is 0 Å². The molecule has 154 valence electrons. The van der Waals surface area contributed by atoms with Crippen LogP contribution in [-0.2, 0) is 9.47 Å². The monoisotopic (exact) mass is 474 g/mol. The normalized spacial score (nSPS) is 17.7. The second kappa shape index (κ2) is 15.2. The Kier molecular flexibility index (Phi) is 14.3. The van der Waals surface area contributed by atoms with Gasteiger partial charge in [0.1, 0.15) is 0 Å². The topological polar surface area (TPSA) is 18.5 Å². The Morgan fingerprint density at radius 2 is 1.42 bits per heavy atom. The Morgan fingerprint density at radius 1 is 0.885 bits per heavy atom. The molecule has 0 amide bonds.